The van der Waals surface area contributed by atoms with Crippen LogP contribution in [0.25, 0.3) is 10.9 Å². The Bertz CT molecular complexity index is 1210. The van der Waals surface area contributed by atoms with Crippen molar-refractivity contribution in [2.24, 2.45) is 5.92 Å². The number of aromatic nitrogens is 2. The van der Waals surface area contributed by atoms with E-state index in [0.29, 0.717) is 24.0 Å². The average molecular weight is 486 g/mol. The molecule has 1 N–H and O–H groups in total. The average Bonchev–Trinajstić information content (AvgIpc) is 2.74. The van der Waals surface area contributed by atoms with Gasteiger partial charge in [0.1, 0.15) is 0 Å². The van der Waals surface area contributed by atoms with Crippen molar-refractivity contribution in [3.05, 3.63) is 78.9 Å². The molecule has 1 aromatic heterocycles. The quantitative estimate of drug-likeness (QED) is 0.582. The van der Waals surface area contributed by atoms with E-state index in [1.807, 2.05) is 26.0 Å². The summed E-state index contributed by atoms with van der Waals surface area (Å²) in [4.78, 5) is 28.5. The van der Waals surface area contributed by atoms with E-state index in [0.717, 1.165) is 24.0 Å². The van der Waals surface area contributed by atoms with Gasteiger partial charge in [0.05, 0.1) is 23.6 Å². The lowest BCUT2D eigenvalue weighted by Gasteiger charge is -2.30. The second kappa shape index (κ2) is 9.10. The zero-order chi connectivity index (χ0) is 22.1. The number of aliphatic hydroxyl groups is 1. The molecule has 1 aliphatic rings. The highest BCUT2D eigenvalue weighted by atomic mass is 79.9. The molecule has 31 heavy (non-hydrogen) atoms. The maximum absolute atomic E-state index is 13.2. The molecule has 0 unspecified atom stereocenters. The third-order valence-corrected chi connectivity index (χ3v) is 6.30. The summed E-state index contributed by atoms with van der Waals surface area (Å²) in [6, 6.07) is 13.7. The molecule has 0 spiro atoms. The topological polar surface area (TPSA) is 67.5 Å². The van der Waals surface area contributed by atoms with Crippen LogP contribution in [0.1, 0.15) is 25.0 Å². The molecule has 1 atom stereocenters. The number of halogens is 1. The molecule has 0 radical (unpaired) electrons. The van der Waals surface area contributed by atoms with E-state index < -0.39 is 6.10 Å². The predicted octanol–water partition coefficient (Wildman–Crippen LogP) is 3.00. The fourth-order valence-electron chi connectivity index (χ4n) is 4.38. The van der Waals surface area contributed by atoms with Crippen LogP contribution in [0.5, 0.6) is 0 Å². The molecule has 4 rings (SSSR count). The van der Waals surface area contributed by atoms with Crippen LogP contribution in [0.4, 0.5) is 0 Å². The van der Waals surface area contributed by atoms with E-state index >= 15 is 0 Å². The molecule has 2 aromatic carbocycles. The van der Waals surface area contributed by atoms with Crippen LogP contribution in [0.2, 0.25) is 0 Å². The van der Waals surface area contributed by atoms with Crippen molar-refractivity contribution in [2.75, 3.05) is 13.1 Å². The Hall–Kier alpha value is -2.22. The highest BCUT2D eigenvalue weighted by molar-refractivity contribution is 9.10. The van der Waals surface area contributed by atoms with Crippen LogP contribution in [0.3, 0.4) is 0 Å². The van der Waals surface area contributed by atoms with Crippen LogP contribution >= 0.6 is 15.9 Å². The lowest BCUT2D eigenvalue weighted by atomic mass is 10.00. The highest BCUT2D eigenvalue weighted by Crippen LogP contribution is 2.19. The minimum absolute atomic E-state index is 0.0175. The van der Waals surface area contributed by atoms with E-state index in [1.165, 1.54) is 15.7 Å². The molecule has 2 heterocycles. The summed E-state index contributed by atoms with van der Waals surface area (Å²) in [5.41, 5.74) is 2.53. The van der Waals surface area contributed by atoms with E-state index in [-0.39, 0.29) is 23.7 Å². The first kappa shape index (κ1) is 22.0. The molecule has 6 nitrogen and oxygen atoms in total. The van der Waals surface area contributed by atoms with Gasteiger partial charge in [0.2, 0.25) is 0 Å². The monoisotopic (exact) mass is 485 g/mol. The molecule has 3 aromatic rings. The third kappa shape index (κ3) is 4.68. The summed E-state index contributed by atoms with van der Waals surface area (Å²) < 4.78 is 3.63. The van der Waals surface area contributed by atoms with Crippen molar-refractivity contribution < 1.29 is 5.11 Å². The Morgan fingerprint density at radius 1 is 1.00 bits per heavy atom. The molecule has 1 aliphatic heterocycles. The first-order valence-corrected chi connectivity index (χ1v) is 11.5. The van der Waals surface area contributed by atoms with Gasteiger partial charge in [-0.15, -0.1) is 0 Å². The van der Waals surface area contributed by atoms with Gasteiger partial charge < -0.3 is 5.11 Å². The van der Waals surface area contributed by atoms with Crippen molar-refractivity contribution in [3.8, 4) is 0 Å². The Kier molecular flexibility index (Phi) is 6.46. The Balaban J connectivity index is 1.62. The van der Waals surface area contributed by atoms with E-state index in [2.05, 4.69) is 39.0 Å². The summed E-state index contributed by atoms with van der Waals surface area (Å²) in [5, 5.41) is 11.3. The van der Waals surface area contributed by atoms with Gasteiger partial charge in [-0.25, -0.2) is 4.79 Å². The number of nitrogens with zero attached hydrogens (tertiary/aromatic N) is 3. The van der Waals surface area contributed by atoms with Crippen LogP contribution in [0.15, 0.2) is 56.5 Å². The number of hydrogen-bond donors (Lipinski definition) is 1. The first-order chi connectivity index (χ1) is 14.8. The van der Waals surface area contributed by atoms with E-state index in [4.69, 9.17) is 0 Å². The molecule has 0 fully saturated rings. The largest absolute Gasteiger partial charge is 0.390 e. The maximum atomic E-state index is 13.2. The number of rotatable bonds is 6. The molecule has 0 saturated heterocycles. The van der Waals surface area contributed by atoms with Gasteiger partial charge in [-0.3, -0.25) is 18.8 Å². The van der Waals surface area contributed by atoms with E-state index in [9.17, 15) is 14.7 Å². The molecule has 7 heteroatoms. The van der Waals surface area contributed by atoms with E-state index in [1.54, 1.807) is 16.7 Å². The zero-order valence-corrected chi connectivity index (χ0v) is 19.5. The van der Waals surface area contributed by atoms with Gasteiger partial charge in [0, 0.05) is 30.7 Å². The molecule has 0 bridgehead atoms. The second-order valence-corrected chi connectivity index (χ2v) is 9.69. The van der Waals surface area contributed by atoms with Crippen LogP contribution in [-0.4, -0.2) is 38.3 Å². The van der Waals surface area contributed by atoms with Gasteiger partial charge in [-0.1, -0.05) is 54.0 Å². The van der Waals surface area contributed by atoms with Crippen molar-refractivity contribution in [3.63, 3.8) is 0 Å². The normalized spacial score (nSPS) is 15.4. The van der Waals surface area contributed by atoms with Gasteiger partial charge in [-0.05, 0) is 41.7 Å². The van der Waals surface area contributed by atoms with Crippen LogP contribution in [0, 0.1) is 5.92 Å². The van der Waals surface area contributed by atoms with Crippen molar-refractivity contribution >= 4 is 26.8 Å². The third-order valence-electron chi connectivity index (χ3n) is 5.81. The summed E-state index contributed by atoms with van der Waals surface area (Å²) >= 11 is 3.42. The predicted molar refractivity (Wildman–Crippen MR) is 126 cm³/mol. The minimum Gasteiger partial charge on any atom is -0.390 e. The molecular formula is C24H28BrN3O3. The summed E-state index contributed by atoms with van der Waals surface area (Å²) in [7, 11) is 0. The smallest absolute Gasteiger partial charge is 0.331 e. The lowest BCUT2D eigenvalue weighted by Crippen LogP contribution is -2.45. The number of benzene rings is 2. The number of aliphatic hydroxyl groups excluding tert-OH is 1. The molecule has 0 aliphatic carbocycles. The van der Waals surface area contributed by atoms with Crippen molar-refractivity contribution in [1.29, 1.82) is 0 Å². The summed E-state index contributed by atoms with van der Waals surface area (Å²) in [5.74, 6) is 0.244. The second-order valence-electron chi connectivity index (χ2n) is 8.77. The molecule has 0 amide bonds. The maximum Gasteiger partial charge on any atom is 0.331 e. The molecule has 0 saturated carbocycles. The van der Waals surface area contributed by atoms with Gasteiger partial charge >= 0.3 is 5.69 Å². The lowest BCUT2D eigenvalue weighted by molar-refractivity contribution is 0.0896. The molecular weight excluding hydrogens is 458 g/mol. The Labute approximate surface area is 189 Å². The fourth-order valence-corrected chi connectivity index (χ4v) is 4.74. The van der Waals surface area contributed by atoms with Gasteiger partial charge in [0.15, 0.2) is 0 Å². The van der Waals surface area contributed by atoms with Crippen LogP contribution in [-0.2, 0) is 26.1 Å². The summed E-state index contributed by atoms with van der Waals surface area (Å²) in [6.07, 6.45) is 0.126. The minimum atomic E-state index is -0.812. The number of fused-ring (bicyclic) bond motifs is 2. The molecule has 164 valence electrons. The zero-order valence-electron chi connectivity index (χ0n) is 17.9. The van der Waals surface area contributed by atoms with Crippen molar-refractivity contribution in [1.82, 2.24) is 14.0 Å². The Morgan fingerprint density at radius 2 is 1.74 bits per heavy atom. The first-order valence-electron chi connectivity index (χ1n) is 10.7. The standard InChI is InChI=1S/C24H28BrN3O3/c1-16(2)12-27-22-8-7-19(25)11-21(22)23(30)28(24(27)31)15-20(29)14-26-10-9-17-5-3-4-6-18(17)13-26/h3-8,11,16,20,29H,9-10,12-15H2,1-2H3/t20-/m1/s1. The van der Waals surface area contributed by atoms with Gasteiger partial charge in [-0.2, -0.15) is 0 Å². The SMILES string of the molecule is CC(C)Cn1c(=O)n(C[C@H](O)CN2CCc3ccccc3C2)c(=O)c2cc(Br)ccc21. The van der Waals surface area contributed by atoms with Crippen molar-refractivity contribution in [2.45, 2.75) is 46.0 Å². The Morgan fingerprint density at radius 3 is 2.48 bits per heavy atom. The fraction of sp³-hybridized carbons (Fsp3) is 0.417. The number of β-amino-alcohol motifs (C(OH)–C–C–N with tert-alkyl or cyclic N) is 1. The van der Waals surface area contributed by atoms with Crippen LogP contribution < -0.4 is 11.2 Å². The number of hydrogen-bond acceptors (Lipinski definition) is 4. The van der Waals surface area contributed by atoms with Gasteiger partial charge in [0.25, 0.3) is 5.56 Å². The summed E-state index contributed by atoms with van der Waals surface area (Å²) in [6.45, 7) is 6.61. The highest BCUT2D eigenvalue weighted by Gasteiger charge is 2.21.